The molecule has 2 atom stereocenters. The molecule has 1 N–H and O–H groups in total. The monoisotopic (exact) mass is 427 g/mol. The van der Waals surface area contributed by atoms with Crippen molar-refractivity contribution in [3.63, 3.8) is 0 Å². The second-order valence-corrected chi connectivity index (χ2v) is 8.25. The van der Waals surface area contributed by atoms with Gasteiger partial charge in [0.2, 0.25) is 0 Å². The van der Waals surface area contributed by atoms with Gasteiger partial charge in [-0.3, -0.25) is 0 Å². The number of hydrogen-bond donors (Lipinski definition) is 1. The van der Waals surface area contributed by atoms with Crippen LogP contribution in [-0.2, 0) is 6.67 Å². The Bertz CT molecular complexity index is 1190. The molecule has 0 aliphatic carbocycles. The van der Waals surface area contributed by atoms with Gasteiger partial charge in [0.1, 0.15) is 12.4 Å². The molecule has 0 saturated heterocycles. The fourth-order valence-corrected chi connectivity index (χ4v) is 4.31. The Kier molecular flexibility index (Phi) is 6.87. The van der Waals surface area contributed by atoms with Gasteiger partial charge < -0.3 is 10.1 Å². The fraction of sp³-hybridized carbons (Fsp3) is 0.241. The van der Waals surface area contributed by atoms with Crippen LogP contribution in [0.2, 0.25) is 0 Å². The minimum atomic E-state index is -0.439. The van der Waals surface area contributed by atoms with Crippen LogP contribution in [-0.4, -0.2) is 7.11 Å². The Balaban J connectivity index is 1.71. The second-order valence-electron chi connectivity index (χ2n) is 8.25. The van der Waals surface area contributed by atoms with Gasteiger partial charge in [-0.2, -0.15) is 0 Å². The lowest BCUT2D eigenvalue weighted by Crippen LogP contribution is -2.24. The maximum atomic E-state index is 13.0. The first kappa shape index (κ1) is 22.0. The van der Waals surface area contributed by atoms with Crippen LogP contribution >= 0.6 is 0 Å². The molecule has 3 heteroatoms. The van der Waals surface area contributed by atoms with Crippen molar-refractivity contribution in [1.82, 2.24) is 5.32 Å². The minimum absolute atomic E-state index is 0.175. The zero-order valence-electron chi connectivity index (χ0n) is 18.9. The zero-order chi connectivity index (χ0) is 22.5. The third-order valence-electron chi connectivity index (χ3n) is 6.16. The molecule has 0 saturated carbocycles. The summed E-state index contributed by atoms with van der Waals surface area (Å²) in [5.74, 6) is 0.869. The molecular formula is C29H30FNO. The molecule has 0 spiro atoms. The summed E-state index contributed by atoms with van der Waals surface area (Å²) in [5.41, 5.74) is 5.44. The average molecular weight is 428 g/mol. The highest BCUT2D eigenvalue weighted by molar-refractivity contribution is 5.97. The lowest BCUT2D eigenvalue weighted by atomic mass is 9.91. The number of methoxy groups -OCH3 is 1. The minimum Gasteiger partial charge on any atom is -0.497 e. The van der Waals surface area contributed by atoms with Gasteiger partial charge in [-0.05, 0) is 76.2 Å². The van der Waals surface area contributed by atoms with E-state index >= 15 is 0 Å². The highest BCUT2D eigenvalue weighted by Crippen LogP contribution is 2.34. The molecule has 0 amide bonds. The van der Waals surface area contributed by atoms with Crippen LogP contribution in [0.15, 0.2) is 84.9 Å². The number of rotatable bonds is 8. The van der Waals surface area contributed by atoms with Crippen LogP contribution in [0.5, 0.6) is 5.75 Å². The molecule has 0 bridgehead atoms. The summed E-state index contributed by atoms with van der Waals surface area (Å²) in [6, 6.07) is 29.4. The molecule has 2 nitrogen and oxygen atoms in total. The molecule has 4 aromatic rings. The molecule has 0 aliphatic heterocycles. The van der Waals surface area contributed by atoms with Crippen LogP contribution < -0.4 is 10.1 Å². The molecule has 4 rings (SSSR count). The second kappa shape index (κ2) is 9.97. The summed E-state index contributed by atoms with van der Waals surface area (Å²) in [6.07, 6.45) is 0.965. The Morgan fingerprint density at radius 1 is 0.875 bits per heavy atom. The van der Waals surface area contributed by atoms with Gasteiger partial charge in [-0.1, -0.05) is 67.6 Å². The maximum absolute atomic E-state index is 13.0. The standard InChI is InChI=1S/C29H30FNO/c1-4-29(31-20(2)23-9-7-10-26(17-23)32-3)25-16-24-8-5-6-11-27(24)28(18-25)22-14-12-21(19-30)13-15-22/h5-18,20,29,31H,4,19H2,1-3H3/t20-,29?/m1/s1. The van der Waals surface area contributed by atoms with E-state index in [1.165, 1.54) is 27.5 Å². The number of hydrogen-bond acceptors (Lipinski definition) is 2. The van der Waals surface area contributed by atoms with Gasteiger partial charge >= 0.3 is 0 Å². The van der Waals surface area contributed by atoms with Crippen LogP contribution in [0.3, 0.4) is 0 Å². The molecule has 1 unspecified atom stereocenters. The van der Waals surface area contributed by atoms with Crippen molar-refractivity contribution in [1.29, 1.82) is 0 Å². The van der Waals surface area contributed by atoms with Crippen molar-refractivity contribution in [3.05, 3.63) is 102 Å². The zero-order valence-corrected chi connectivity index (χ0v) is 18.9. The number of ether oxygens (including phenoxy) is 1. The molecular weight excluding hydrogens is 397 g/mol. The van der Waals surface area contributed by atoms with Gasteiger partial charge in [0, 0.05) is 12.1 Å². The highest BCUT2D eigenvalue weighted by Gasteiger charge is 2.17. The third-order valence-corrected chi connectivity index (χ3v) is 6.16. The van der Waals surface area contributed by atoms with Crippen molar-refractivity contribution in [2.45, 2.75) is 39.0 Å². The molecule has 0 aromatic heterocycles. The summed E-state index contributed by atoms with van der Waals surface area (Å²) in [4.78, 5) is 0. The number of halogens is 1. The molecule has 32 heavy (non-hydrogen) atoms. The van der Waals surface area contributed by atoms with Gasteiger partial charge in [-0.25, -0.2) is 4.39 Å². The first-order valence-electron chi connectivity index (χ1n) is 11.2. The third kappa shape index (κ3) is 4.68. The molecule has 0 fully saturated rings. The van der Waals surface area contributed by atoms with Gasteiger partial charge in [0.05, 0.1) is 7.11 Å². The maximum Gasteiger partial charge on any atom is 0.119 e. The summed E-state index contributed by atoms with van der Waals surface area (Å²) in [7, 11) is 1.70. The van der Waals surface area contributed by atoms with Crippen molar-refractivity contribution in [2.24, 2.45) is 0 Å². The summed E-state index contributed by atoms with van der Waals surface area (Å²) < 4.78 is 18.4. The van der Waals surface area contributed by atoms with E-state index < -0.39 is 6.67 Å². The van der Waals surface area contributed by atoms with Gasteiger partial charge in [0.25, 0.3) is 0 Å². The number of nitrogens with one attached hydrogen (secondary N) is 1. The molecule has 4 aromatic carbocycles. The predicted molar refractivity (Wildman–Crippen MR) is 132 cm³/mol. The van der Waals surface area contributed by atoms with E-state index in [1.54, 1.807) is 7.11 Å². The van der Waals surface area contributed by atoms with E-state index in [-0.39, 0.29) is 12.1 Å². The van der Waals surface area contributed by atoms with E-state index in [0.29, 0.717) is 5.56 Å². The summed E-state index contributed by atoms with van der Waals surface area (Å²) >= 11 is 0. The lowest BCUT2D eigenvalue weighted by Gasteiger charge is -2.24. The van der Waals surface area contributed by atoms with Crippen molar-refractivity contribution in [3.8, 4) is 16.9 Å². The largest absolute Gasteiger partial charge is 0.497 e. The van der Waals surface area contributed by atoms with Crippen molar-refractivity contribution >= 4 is 10.8 Å². The van der Waals surface area contributed by atoms with Crippen LogP contribution in [0.25, 0.3) is 21.9 Å². The van der Waals surface area contributed by atoms with E-state index in [1.807, 2.05) is 36.4 Å². The van der Waals surface area contributed by atoms with Crippen LogP contribution in [0.1, 0.15) is 49.0 Å². The van der Waals surface area contributed by atoms with Gasteiger partial charge in [0.15, 0.2) is 0 Å². The first-order valence-corrected chi connectivity index (χ1v) is 11.2. The average Bonchev–Trinajstić information content (AvgIpc) is 2.86. The highest BCUT2D eigenvalue weighted by atomic mass is 19.1. The molecule has 0 radical (unpaired) electrons. The summed E-state index contributed by atoms with van der Waals surface area (Å²) in [6.45, 7) is 3.96. The number of fused-ring (bicyclic) bond motifs is 1. The topological polar surface area (TPSA) is 21.3 Å². The molecule has 0 aliphatic rings. The first-order chi connectivity index (χ1) is 15.6. The normalized spacial score (nSPS) is 13.1. The molecule has 164 valence electrons. The summed E-state index contributed by atoms with van der Waals surface area (Å²) in [5, 5.41) is 6.23. The van der Waals surface area contributed by atoms with E-state index in [0.717, 1.165) is 17.7 Å². The Morgan fingerprint density at radius 3 is 2.38 bits per heavy atom. The SMILES string of the molecule is CCC(N[C@H](C)c1cccc(OC)c1)c1cc(-c2ccc(CF)cc2)c2ccccc2c1. The number of alkyl halides is 1. The number of benzene rings is 4. The van der Waals surface area contributed by atoms with E-state index in [4.69, 9.17) is 4.74 Å². The Morgan fingerprint density at radius 2 is 1.66 bits per heavy atom. The van der Waals surface area contributed by atoms with Crippen molar-refractivity contribution in [2.75, 3.05) is 7.11 Å². The van der Waals surface area contributed by atoms with Crippen LogP contribution in [0.4, 0.5) is 4.39 Å². The van der Waals surface area contributed by atoms with Gasteiger partial charge in [-0.15, -0.1) is 0 Å². The quantitative estimate of drug-likeness (QED) is 0.310. The van der Waals surface area contributed by atoms with E-state index in [2.05, 4.69) is 67.7 Å². The molecule has 0 heterocycles. The fourth-order valence-electron chi connectivity index (χ4n) is 4.31. The Labute approximate surface area is 190 Å². The van der Waals surface area contributed by atoms with E-state index in [9.17, 15) is 4.39 Å². The van der Waals surface area contributed by atoms with Crippen LogP contribution in [0, 0.1) is 0 Å². The Hall–Kier alpha value is -3.17. The van der Waals surface area contributed by atoms with Crippen molar-refractivity contribution < 1.29 is 9.13 Å². The smallest absolute Gasteiger partial charge is 0.119 e. The predicted octanol–water partition coefficient (Wildman–Crippen LogP) is 7.79. The lowest BCUT2D eigenvalue weighted by molar-refractivity contribution is 0.411.